The molecule has 162 valence electrons. The molecule has 4 rings (SSSR count). The summed E-state index contributed by atoms with van der Waals surface area (Å²) >= 11 is 2.02. The lowest BCUT2D eigenvalue weighted by Gasteiger charge is -2.23. The van der Waals surface area contributed by atoms with Gasteiger partial charge < -0.3 is 10.1 Å². The van der Waals surface area contributed by atoms with Crippen LogP contribution in [0.5, 0.6) is 0 Å². The molecular weight excluding hydrogens is 406 g/mol. The molecule has 2 N–H and O–H groups in total. The van der Waals surface area contributed by atoms with Gasteiger partial charge in [-0.3, -0.25) is 5.32 Å². The number of hydrogen-bond donors (Lipinski definition) is 2. The van der Waals surface area contributed by atoms with E-state index in [2.05, 4.69) is 33.8 Å². The monoisotopic (exact) mass is 435 g/mol. The van der Waals surface area contributed by atoms with Crippen molar-refractivity contribution in [3.8, 4) is 11.1 Å². The van der Waals surface area contributed by atoms with Gasteiger partial charge in [-0.25, -0.2) is 9.78 Å². The van der Waals surface area contributed by atoms with Crippen LogP contribution >= 0.6 is 11.8 Å². The van der Waals surface area contributed by atoms with E-state index in [1.165, 1.54) is 24.3 Å². The molecule has 31 heavy (non-hydrogen) atoms. The van der Waals surface area contributed by atoms with Crippen molar-refractivity contribution < 1.29 is 9.53 Å². The number of carbonyl (C=O) groups excluding carboxylic acids is 1. The zero-order valence-corrected chi connectivity index (χ0v) is 19.1. The SMILES string of the molecule is CC(C)(C)OC(=O)Nc1ccc(-c2ccc(NC3CCSCC3)nc2)c2ccccc12. The Morgan fingerprint density at radius 3 is 2.45 bits per heavy atom. The van der Waals surface area contributed by atoms with Gasteiger partial charge in [-0.15, -0.1) is 0 Å². The van der Waals surface area contributed by atoms with Crippen LogP contribution in [0.3, 0.4) is 0 Å². The predicted molar refractivity (Wildman–Crippen MR) is 131 cm³/mol. The van der Waals surface area contributed by atoms with Crippen LogP contribution in [-0.4, -0.2) is 34.2 Å². The predicted octanol–water partition coefficient (Wildman–Crippen LogP) is 6.56. The lowest BCUT2D eigenvalue weighted by Crippen LogP contribution is -2.27. The van der Waals surface area contributed by atoms with Crippen molar-refractivity contribution in [1.82, 2.24) is 4.98 Å². The van der Waals surface area contributed by atoms with Gasteiger partial charge in [0.15, 0.2) is 0 Å². The van der Waals surface area contributed by atoms with Crippen LogP contribution < -0.4 is 10.6 Å². The van der Waals surface area contributed by atoms with E-state index in [1.54, 1.807) is 0 Å². The Labute approximate surface area is 188 Å². The van der Waals surface area contributed by atoms with Gasteiger partial charge in [-0.1, -0.05) is 30.3 Å². The fourth-order valence-corrected chi connectivity index (χ4v) is 4.87. The van der Waals surface area contributed by atoms with Gasteiger partial charge in [-0.05, 0) is 74.3 Å². The molecule has 6 heteroatoms. The van der Waals surface area contributed by atoms with Gasteiger partial charge >= 0.3 is 6.09 Å². The average Bonchev–Trinajstić information content (AvgIpc) is 2.74. The van der Waals surface area contributed by atoms with Crippen LogP contribution in [0.4, 0.5) is 16.3 Å². The summed E-state index contributed by atoms with van der Waals surface area (Å²) in [7, 11) is 0. The summed E-state index contributed by atoms with van der Waals surface area (Å²) in [6, 6.07) is 16.7. The summed E-state index contributed by atoms with van der Waals surface area (Å²) in [5.74, 6) is 3.35. The Kier molecular flexibility index (Phi) is 6.37. The van der Waals surface area contributed by atoms with Crippen molar-refractivity contribution >= 4 is 40.1 Å². The minimum atomic E-state index is -0.544. The van der Waals surface area contributed by atoms with Crippen molar-refractivity contribution in [3.05, 3.63) is 54.7 Å². The molecule has 0 bridgehead atoms. The second-order valence-electron chi connectivity index (χ2n) is 8.80. The number of pyridine rings is 1. The standard InChI is InChI=1S/C25H29N3O2S/c1-25(2,3)30-24(29)28-22-10-9-19(20-6-4-5-7-21(20)22)17-8-11-23(26-16-17)27-18-12-14-31-15-13-18/h4-11,16,18H,12-15H2,1-3H3,(H,26,27)(H,28,29). The summed E-state index contributed by atoms with van der Waals surface area (Å²) in [6.07, 6.45) is 3.84. The molecule has 3 aromatic rings. The molecule has 1 aliphatic rings. The second-order valence-corrected chi connectivity index (χ2v) is 10.0. The van der Waals surface area contributed by atoms with E-state index in [9.17, 15) is 4.79 Å². The van der Waals surface area contributed by atoms with E-state index in [4.69, 9.17) is 4.74 Å². The maximum atomic E-state index is 12.3. The fraction of sp³-hybridized carbons (Fsp3) is 0.360. The molecule has 1 amide bonds. The number of fused-ring (bicyclic) bond motifs is 1. The summed E-state index contributed by atoms with van der Waals surface area (Å²) < 4.78 is 5.41. The number of hydrogen-bond acceptors (Lipinski definition) is 5. The van der Waals surface area contributed by atoms with Crippen LogP contribution in [-0.2, 0) is 4.74 Å². The molecule has 0 aliphatic carbocycles. The number of aromatic nitrogens is 1. The fourth-order valence-electron chi connectivity index (χ4n) is 3.76. The van der Waals surface area contributed by atoms with Crippen LogP contribution in [0.2, 0.25) is 0 Å². The molecule has 1 aromatic heterocycles. The average molecular weight is 436 g/mol. The lowest BCUT2D eigenvalue weighted by atomic mass is 9.98. The number of nitrogens with one attached hydrogen (secondary N) is 2. The van der Waals surface area contributed by atoms with E-state index in [0.717, 1.165) is 33.4 Å². The molecule has 0 atom stereocenters. The van der Waals surface area contributed by atoms with Gasteiger partial charge in [0.05, 0.1) is 5.69 Å². The molecule has 0 spiro atoms. The molecular formula is C25H29N3O2S. The Morgan fingerprint density at radius 2 is 1.77 bits per heavy atom. The van der Waals surface area contributed by atoms with Gasteiger partial charge in [0.1, 0.15) is 11.4 Å². The normalized spacial score (nSPS) is 14.9. The molecule has 0 unspecified atom stereocenters. The third-order valence-electron chi connectivity index (χ3n) is 5.21. The van der Waals surface area contributed by atoms with E-state index >= 15 is 0 Å². The summed E-state index contributed by atoms with van der Waals surface area (Å²) in [5, 5.41) is 8.47. The number of anilines is 2. The van der Waals surface area contributed by atoms with E-state index in [1.807, 2.05) is 69.1 Å². The minimum absolute atomic E-state index is 0.455. The summed E-state index contributed by atoms with van der Waals surface area (Å²) in [6.45, 7) is 5.56. The van der Waals surface area contributed by atoms with Gasteiger partial charge in [0.2, 0.25) is 0 Å². The first kappa shape index (κ1) is 21.5. The van der Waals surface area contributed by atoms with Crippen LogP contribution in [0.15, 0.2) is 54.7 Å². The first-order valence-electron chi connectivity index (χ1n) is 10.7. The van der Waals surface area contributed by atoms with Crippen LogP contribution in [0, 0.1) is 0 Å². The molecule has 1 saturated heterocycles. The van der Waals surface area contributed by atoms with Crippen molar-refractivity contribution in [2.24, 2.45) is 0 Å². The number of ether oxygens (including phenoxy) is 1. The highest BCUT2D eigenvalue weighted by Gasteiger charge is 2.18. The van der Waals surface area contributed by atoms with E-state index < -0.39 is 11.7 Å². The minimum Gasteiger partial charge on any atom is -0.444 e. The number of thioether (sulfide) groups is 1. The zero-order valence-electron chi connectivity index (χ0n) is 18.3. The van der Waals surface area contributed by atoms with E-state index in [0.29, 0.717) is 6.04 Å². The van der Waals surface area contributed by atoms with Crippen molar-refractivity contribution in [1.29, 1.82) is 0 Å². The smallest absolute Gasteiger partial charge is 0.412 e. The number of amides is 1. The Balaban J connectivity index is 1.57. The largest absolute Gasteiger partial charge is 0.444 e. The van der Waals surface area contributed by atoms with Crippen LogP contribution in [0.1, 0.15) is 33.6 Å². The second kappa shape index (κ2) is 9.18. The van der Waals surface area contributed by atoms with Crippen LogP contribution in [0.25, 0.3) is 21.9 Å². The maximum absolute atomic E-state index is 12.3. The summed E-state index contributed by atoms with van der Waals surface area (Å²) in [5.41, 5.74) is 2.32. The Bertz CT molecular complexity index is 1050. The molecule has 0 saturated carbocycles. The van der Waals surface area contributed by atoms with E-state index in [-0.39, 0.29) is 0 Å². The first-order valence-corrected chi connectivity index (χ1v) is 11.9. The van der Waals surface area contributed by atoms with Crippen molar-refractivity contribution in [2.45, 2.75) is 45.3 Å². The molecule has 5 nitrogen and oxygen atoms in total. The van der Waals surface area contributed by atoms with Crippen molar-refractivity contribution in [2.75, 3.05) is 22.1 Å². The zero-order chi connectivity index (χ0) is 21.8. The Morgan fingerprint density at radius 1 is 1.03 bits per heavy atom. The molecule has 1 aliphatic heterocycles. The molecule has 2 aromatic carbocycles. The third kappa shape index (κ3) is 5.50. The third-order valence-corrected chi connectivity index (χ3v) is 6.26. The quantitative estimate of drug-likeness (QED) is 0.486. The number of rotatable bonds is 4. The lowest BCUT2D eigenvalue weighted by molar-refractivity contribution is 0.0636. The number of benzene rings is 2. The van der Waals surface area contributed by atoms with Gasteiger partial charge in [0.25, 0.3) is 0 Å². The molecule has 1 fully saturated rings. The highest BCUT2D eigenvalue weighted by atomic mass is 32.2. The first-order chi connectivity index (χ1) is 14.9. The highest BCUT2D eigenvalue weighted by Crippen LogP contribution is 2.33. The van der Waals surface area contributed by atoms with Gasteiger partial charge in [-0.2, -0.15) is 11.8 Å². The number of carbonyl (C=O) groups is 1. The van der Waals surface area contributed by atoms with Gasteiger partial charge in [0, 0.05) is 23.2 Å². The highest BCUT2D eigenvalue weighted by molar-refractivity contribution is 7.99. The molecule has 2 heterocycles. The summed E-state index contributed by atoms with van der Waals surface area (Å²) in [4.78, 5) is 16.9. The Hall–Kier alpha value is -2.73. The number of nitrogens with zero attached hydrogens (tertiary/aromatic N) is 1. The maximum Gasteiger partial charge on any atom is 0.412 e. The van der Waals surface area contributed by atoms with Crippen molar-refractivity contribution in [3.63, 3.8) is 0 Å². The molecule has 0 radical (unpaired) electrons. The topological polar surface area (TPSA) is 63.2 Å².